The van der Waals surface area contributed by atoms with E-state index in [1.807, 2.05) is 6.92 Å². The number of aliphatic imine (C=N–C) groups is 1. The number of hydrogen-bond acceptors (Lipinski definition) is 1. The van der Waals surface area contributed by atoms with Crippen LogP contribution in [0.1, 0.15) is 18.9 Å². The van der Waals surface area contributed by atoms with Gasteiger partial charge in [-0.25, -0.2) is 4.39 Å². The minimum absolute atomic E-state index is 0.202. The molecule has 0 unspecified atom stereocenters. The first-order chi connectivity index (χ1) is 7.25. The molecule has 0 saturated heterocycles. The predicted molar refractivity (Wildman–Crippen MR) is 62.6 cm³/mol. The van der Waals surface area contributed by atoms with Crippen molar-refractivity contribution in [3.05, 3.63) is 60.6 Å². The quantitative estimate of drug-likeness (QED) is 0.617. The van der Waals surface area contributed by atoms with E-state index >= 15 is 0 Å². The molecule has 0 N–H and O–H groups in total. The lowest BCUT2D eigenvalue weighted by atomic mass is 10.1. The average molecular weight is 203 g/mol. The van der Waals surface area contributed by atoms with Gasteiger partial charge in [-0.15, -0.1) is 13.2 Å². The van der Waals surface area contributed by atoms with Gasteiger partial charge in [0.05, 0.1) is 5.71 Å². The maximum absolute atomic E-state index is 12.6. The van der Waals surface area contributed by atoms with Crippen LogP contribution < -0.4 is 0 Å². The van der Waals surface area contributed by atoms with E-state index in [9.17, 15) is 4.39 Å². The van der Waals surface area contributed by atoms with E-state index in [4.69, 9.17) is 0 Å². The fourth-order valence-corrected chi connectivity index (χ4v) is 1.37. The molecule has 0 aromatic heterocycles. The van der Waals surface area contributed by atoms with Crippen LogP contribution in [0.2, 0.25) is 0 Å². The van der Waals surface area contributed by atoms with E-state index in [0.717, 1.165) is 23.4 Å². The fourth-order valence-electron chi connectivity index (χ4n) is 1.37. The van der Waals surface area contributed by atoms with Crippen LogP contribution in [0.25, 0.3) is 0 Å². The summed E-state index contributed by atoms with van der Waals surface area (Å²) in [5, 5.41) is 0. The van der Waals surface area contributed by atoms with Crippen LogP contribution in [0.3, 0.4) is 0 Å². The van der Waals surface area contributed by atoms with Crippen molar-refractivity contribution in [1.82, 2.24) is 0 Å². The van der Waals surface area contributed by atoms with Gasteiger partial charge in [0, 0.05) is 12.1 Å². The molecule has 1 aliphatic rings. The first-order valence-electron chi connectivity index (χ1n) is 4.76. The van der Waals surface area contributed by atoms with Crippen molar-refractivity contribution in [2.45, 2.75) is 13.3 Å². The second-order valence-corrected chi connectivity index (χ2v) is 3.12. The topological polar surface area (TPSA) is 12.4 Å². The Labute approximate surface area is 89.7 Å². The first-order valence-corrected chi connectivity index (χ1v) is 4.76. The van der Waals surface area contributed by atoms with Gasteiger partial charge in [0.15, 0.2) is 0 Å². The predicted octanol–water partition coefficient (Wildman–Crippen LogP) is 3.72. The summed E-state index contributed by atoms with van der Waals surface area (Å²) in [7, 11) is 0. The van der Waals surface area contributed by atoms with Crippen LogP contribution in [0.4, 0.5) is 4.39 Å². The second kappa shape index (κ2) is 5.25. The monoisotopic (exact) mass is 203 g/mol. The Balaban J connectivity index is 0.000000531. The molecule has 2 heteroatoms. The van der Waals surface area contributed by atoms with Crippen molar-refractivity contribution in [3.8, 4) is 0 Å². The highest BCUT2D eigenvalue weighted by molar-refractivity contribution is 6.03. The van der Waals surface area contributed by atoms with Crippen molar-refractivity contribution >= 4 is 5.71 Å². The molecular weight excluding hydrogens is 189 g/mol. The summed E-state index contributed by atoms with van der Waals surface area (Å²) in [5.74, 6) is -0.202. The zero-order valence-corrected chi connectivity index (χ0v) is 8.83. The van der Waals surface area contributed by atoms with Gasteiger partial charge < -0.3 is 0 Å². The van der Waals surface area contributed by atoms with Gasteiger partial charge >= 0.3 is 0 Å². The lowest BCUT2D eigenvalue weighted by Gasteiger charge is -1.98. The van der Waals surface area contributed by atoms with Gasteiger partial charge in [-0.2, -0.15) is 0 Å². The molecule has 0 radical (unpaired) electrons. The number of rotatable bonds is 1. The Hall–Kier alpha value is -1.70. The maximum atomic E-state index is 12.6. The molecule has 2 rings (SSSR count). The average Bonchev–Trinajstić information content (AvgIpc) is 2.69. The van der Waals surface area contributed by atoms with Crippen LogP contribution >= 0.6 is 0 Å². The summed E-state index contributed by atoms with van der Waals surface area (Å²) in [6.07, 6.45) is 2.93. The molecule has 0 atom stereocenters. The minimum Gasteiger partial charge on any atom is -0.258 e. The van der Waals surface area contributed by atoms with E-state index in [1.54, 1.807) is 12.1 Å². The molecule has 1 nitrogen and oxygen atoms in total. The molecule has 1 heterocycles. The van der Waals surface area contributed by atoms with Crippen LogP contribution in [-0.2, 0) is 0 Å². The lowest BCUT2D eigenvalue weighted by Crippen LogP contribution is -1.95. The fraction of sp³-hybridized carbons (Fsp3) is 0.154. The van der Waals surface area contributed by atoms with Gasteiger partial charge in [0.2, 0.25) is 0 Å². The molecule has 78 valence electrons. The van der Waals surface area contributed by atoms with Crippen LogP contribution in [0.5, 0.6) is 0 Å². The smallest absolute Gasteiger partial charge is 0.123 e. The summed E-state index contributed by atoms with van der Waals surface area (Å²) in [4.78, 5) is 4.34. The van der Waals surface area contributed by atoms with Gasteiger partial charge in [-0.1, -0.05) is 18.2 Å². The summed E-state index contributed by atoms with van der Waals surface area (Å²) < 4.78 is 12.6. The van der Waals surface area contributed by atoms with Crippen molar-refractivity contribution in [1.29, 1.82) is 0 Å². The normalized spacial score (nSPS) is 13.7. The summed E-state index contributed by atoms with van der Waals surface area (Å²) in [5.41, 5.74) is 3.08. The van der Waals surface area contributed by atoms with Crippen LogP contribution in [0, 0.1) is 5.82 Å². The highest BCUT2D eigenvalue weighted by Gasteiger charge is 2.07. The third-order valence-electron chi connectivity index (χ3n) is 2.08. The molecule has 1 aromatic rings. The Morgan fingerprint density at radius 1 is 1.20 bits per heavy atom. The van der Waals surface area contributed by atoms with E-state index in [0.29, 0.717) is 0 Å². The largest absolute Gasteiger partial charge is 0.258 e. The zero-order chi connectivity index (χ0) is 11.3. The molecule has 0 bridgehead atoms. The standard InChI is InChI=1S/C11H10FN.C2H4/c1-8-2-7-11(13-8)9-3-5-10(12)6-4-9;1-2/h2-6H,7H2,1H3;1-2H2. The molecule has 15 heavy (non-hydrogen) atoms. The molecule has 1 aromatic carbocycles. The number of allylic oxidation sites excluding steroid dienone is 2. The Bertz CT molecular complexity index is 388. The molecule has 0 amide bonds. The highest BCUT2D eigenvalue weighted by Crippen LogP contribution is 2.15. The number of benzene rings is 1. The molecule has 0 fully saturated rings. The zero-order valence-electron chi connectivity index (χ0n) is 8.83. The molecule has 0 spiro atoms. The van der Waals surface area contributed by atoms with Gasteiger partial charge in [-0.3, -0.25) is 4.99 Å². The van der Waals surface area contributed by atoms with Crippen LogP contribution in [-0.4, -0.2) is 5.71 Å². The van der Waals surface area contributed by atoms with Gasteiger partial charge in [0.1, 0.15) is 5.82 Å². The third-order valence-corrected chi connectivity index (χ3v) is 2.08. The molecule has 0 saturated carbocycles. The van der Waals surface area contributed by atoms with E-state index in [1.165, 1.54) is 12.1 Å². The molecular formula is C13H14FN. The van der Waals surface area contributed by atoms with Crippen molar-refractivity contribution in [2.24, 2.45) is 4.99 Å². The third kappa shape index (κ3) is 2.88. The van der Waals surface area contributed by atoms with Gasteiger partial charge in [0.25, 0.3) is 0 Å². The Kier molecular flexibility index (Phi) is 3.98. The molecule has 1 aliphatic heterocycles. The van der Waals surface area contributed by atoms with E-state index < -0.39 is 0 Å². The number of nitrogens with zero attached hydrogens (tertiary/aromatic N) is 1. The van der Waals surface area contributed by atoms with Crippen molar-refractivity contribution in [3.63, 3.8) is 0 Å². The first kappa shape index (κ1) is 11.4. The van der Waals surface area contributed by atoms with E-state index in [-0.39, 0.29) is 5.82 Å². The lowest BCUT2D eigenvalue weighted by molar-refractivity contribution is 0.628. The van der Waals surface area contributed by atoms with E-state index in [2.05, 4.69) is 24.2 Å². The molecule has 0 aliphatic carbocycles. The number of hydrogen-bond donors (Lipinski definition) is 0. The highest BCUT2D eigenvalue weighted by atomic mass is 19.1. The summed E-state index contributed by atoms with van der Waals surface area (Å²) in [6.45, 7) is 7.97. The van der Waals surface area contributed by atoms with Crippen LogP contribution in [0.15, 0.2) is 54.2 Å². The van der Waals surface area contributed by atoms with Gasteiger partial charge in [-0.05, 0) is 24.6 Å². The maximum Gasteiger partial charge on any atom is 0.123 e. The second-order valence-electron chi connectivity index (χ2n) is 3.12. The summed E-state index contributed by atoms with van der Waals surface area (Å²) >= 11 is 0. The van der Waals surface area contributed by atoms with Crippen molar-refractivity contribution in [2.75, 3.05) is 0 Å². The number of halogens is 1. The summed E-state index contributed by atoms with van der Waals surface area (Å²) in [6, 6.07) is 6.46. The SMILES string of the molecule is C=C.CC1=CCC(c2ccc(F)cc2)=N1. The Morgan fingerprint density at radius 3 is 2.27 bits per heavy atom. The van der Waals surface area contributed by atoms with Crippen molar-refractivity contribution < 1.29 is 4.39 Å². The minimum atomic E-state index is -0.202. The Morgan fingerprint density at radius 2 is 1.80 bits per heavy atom.